The Kier molecular flexibility index (Phi) is 4.41. The zero-order valence-corrected chi connectivity index (χ0v) is 10.1. The third kappa shape index (κ3) is 3.78. The van der Waals surface area contributed by atoms with Crippen molar-refractivity contribution in [3.63, 3.8) is 0 Å². The summed E-state index contributed by atoms with van der Waals surface area (Å²) in [5.74, 6) is 0.606. The van der Waals surface area contributed by atoms with Crippen LogP contribution in [0.25, 0.3) is 0 Å². The van der Waals surface area contributed by atoms with Gasteiger partial charge in [-0.25, -0.2) is 0 Å². The van der Waals surface area contributed by atoms with Crippen molar-refractivity contribution in [2.75, 3.05) is 7.11 Å². The van der Waals surface area contributed by atoms with Crippen molar-refractivity contribution in [1.82, 2.24) is 0 Å². The predicted octanol–water partition coefficient (Wildman–Crippen LogP) is 3.90. The minimum absolute atomic E-state index is 0.606. The number of hydrogen-bond donors (Lipinski definition) is 0. The van der Waals surface area contributed by atoms with E-state index in [2.05, 4.69) is 45.0 Å². The van der Waals surface area contributed by atoms with Gasteiger partial charge in [0.05, 0.1) is 13.4 Å². The van der Waals surface area contributed by atoms with Gasteiger partial charge in [-0.05, 0) is 36.0 Å². The number of rotatable bonds is 4. The summed E-state index contributed by atoms with van der Waals surface area (Å²) in [6, 6.07) is 8.81. The zero-order chi connectivity index (χ0) is 11.3. The molecule has 1 heteroatoms. The Morgan fingerprint density at radius 2 is 1.87 bits per heavy atom. The minimum atomic E-state index is 0.606. The van der Waals surface area contributed by atoms with Gasteiger partial charge in [0.1, 0.15) is 0 Å². The smallest absolute Gasteiger partial charge is 0.0817 e. The standard InChI is InChI=1S/C14H20O/c1-11(2)14-7-5-13(6-8-14)9-12(3)10-15-4/h5-8,10-11H,9H2,1-4H3. The van der Waals surface area contributed by atoms with Gasteiger partial charge >= 0.3 is 0 Å². The first kappa shape index (κ1) is 11.8. The van der Waals surface area contributed by atoms with E-state index in [0.717, 1.165) is 6.42 Å². The van der Waals surface area contributed by atoms with E-state index < -0.39 is 0 Å². The van der Waals surface area contributed by atoms with Crippen molar-refractivity contribution in [2.24, 2.45) is 0 Å². The van der Waals surface area contributed by atoms with Crippen LogP contribution in [-0.4, -0.2) is 7.11 Å². The van der Waals surface area contributed by atoms with Gasteiger partial charge in [0.15, 0.2) is 0 Å². The summed E-state index contributed by atoms with van der Waals surface area (Å²) in [7, 11) is 1.69. The highest BCUT2D eigenvalue weighted by molar-refractivity contribution is 5.27. The number of methoxy groups -OCH3 is 1. The number of allylic oxidation sites excluding steroid dienone is 1. The Balaban J connectivity index is 2.68. The SMILES string of the molecule is COC=C(C)Cc1ccc(C(C)C)cc1. The Morgan fingerprint density at radius 3 is 2.33 bits per heavy atom. The lowest BCUT2D eigenvalue weighted by Crippen LogP contribution is -1.91. The molecule has 0 saturated heterocycles. The highest BCUT2D eigenvalue weighted by atomic mass is 16.5. The van der Waals surface area contributed by atoms with E-state index in [1.807, 2.05) is 0 Å². The lowest BCUT2D eigenvalue weighted by molar-refractivity contribution is 0.333. The van der Waals surface area contributed by atoms with Crippen molar-refractivity contribution in [2.45, 2.75) is 33.1 Å². The third-order valence-electron chi connectivity index (χ3n) is 2.45. The van der Waals surface area contributed by atoms with Gasteiger partial charge in [-0.2, -0.15) is 0 Å². The quantitative estimate of drug-likeness (QED) is 0.676. The molecule has 15 heavy (non-hydrogen) atoms. The number of ether oxygens (including phenoxy) is 1. The van der Waals surface area contributed by atoms with Crippen LogP contribution >= 0.6 is 0 Å². The molecule has 0 saturated carbocycles. The van der Waals surface area contributed by atoms with Crippen molar-refractivity contribution in [3.8, 4) is 0 Å². The highest BCUT2D eigenvalue weighted by Crippen LogP contribution is 2.16. The molecule has 0 radical (unpaired) electrons. The Hall–Kier alpha value is -1.24. The van der Waals surface area contributed by atoms with Crippen LogP contribution in [-0.2, 0) is 11.2 Å². The van der Waals surface area contributed by atoms with E-state index in [4.69, 9.17) is 4.74 Å². The fraction of sp³-hybridized carbons (Fsp3) is 0.429. The van der Waals surface area contributed by atoms with Crippen molar-refractivity contribution >= 4 is 0 Å². The molecular weight excluding hydrogens is 184 g/mol. The average molecular weight is 204 g/mol. The average Bonchev–Trinajstić information content (AvgIpc) is 2.18. The maximum atomic E-state index is 4.98. The summed E-state index contributed by atoms with van der Waals surface area (Å²) in [6.07, 6.45) is 2.77. The van der Waals surface area contributed by atoms with Gasteiger partial charge in [0, 0.05) is 0 Å². The fourth-order valence-electron chi connectivity index (χ4n) is 1.59. The van der Waals surface area contributed by atoms with Crippen molar-refractivity contribution in [3.05, 3.63) is 47.2 Å². The molecule has 0 fully saturated rings. The predicted molar refractivity (Wildman–Crippen MR) is 65.0 cm³/mol. The van der Waals surface area contributed by atoms with Crippen LogP contribution in [0.5, 0.6) is 0 Å². The molecule has 0 bridgehead atoms. The van der Waals surface area contributed by atoms with Crippen LogP contribution in [0.2, 0.25) is 0 Å². The van der Waals surface area contributed by atoms with Gasteiger partial charge in [0.25, 0.3) is 0 Å². The van der Waals surface area contributed by atoms with Crippen LogP contribution in [0.1, 0.15) is 37.8 Å². The van der Waals surface area contributed by atoms with E-state index in [0.29, 0.717) is 5.92 Å². The van der Waals surface area contributed by atoms with E-state index >= 15 is 0 Å². The monoisotopic (exact) mass is 204 g/mol. The number of hydrogen-bond acceptors (Lipinski definition) is 1. The minimum Gasteiger partial charge on any atom is -0.504 e. The summed E-state index contributed by atoms with van der Waals surface area (Å²) in [4.78, 5) is 0. The van der Waals surface area contributed by atoms with Gasteiger partial charge in [-0.1, -0.05) is 38.1 Å². The Bertz CT molecular complexity index is 320. The van der Waals surface area contributed by atoms with E-state index in [1.54, 1.807) is 13.4 Å². The molecule has 1 aromatic rings. The summed E-state index contributed by atoms with van der Waals surface area (Å²) < 4.78 is 4.98. The normalized spacial score (nSPS) is 11.9. The first-order valence-electron chi connectivity index (χ1n) is 5.40. The summed E-state index contributed by atoms with van der Waals surface area (Å²) in [5, 5.41) is 0. The Morgan fingerprint density at radius 1 is 1.27 bits per heavy atom. The lowest BCUT2D eigenvalue weighted by Gasteiger charge is -2.07. The lowest BCUT2D eigenvalue weighted by atomic mass is 9.99. The molecule has 0 amide bonds. The molecule has 0 spiro atoms. The van der Waals surface area contributed by atoms with Gasteiger partial charge in [0.2, 0.25) is 0 Å². The molecule has 1 rings (SSSR count). The van der Waals surface area contributed by atoms with Crippen molar-refractivity contribution in [1.29, 1.82) is 0 Å². The van der Waals surface area contributed by atoms with Crippen LogP contribution in [0.15, 0.2) is 36.1 Å². The van der Waals surface area contributed by atoms with Crippen LogP contribution < -0.4 is 0 Å². The molecule has 0 unspecified atom stereocenters. The molecule has 0 N–H and O–H groups in total. The maximum Gasteiger partial charge on any atom is 0.0817 e. The second-order valence-corrected chi connectivity index (χ2v) is 4.27. The van der Waals surface area contributed by atoms with Crippen LogP contribution in [0.3, 0.4) is 0 Å². The van der Waals surface area contributed by atoms with Gasteiger partial charge in [-0.3, -0.25) is 0 Å². The van der Waals surface area contributed by atoms with Gasteiger partial charge < -0.3 is 4.74 Å². The summed E-state index contributed by atoms with van der Waals surface area (Å²) in [5.41, 5.74) is 3.98. The summed E-state index contributed by atoms with van der Waals surface area (Å²) in [6.45, 7) is 6.51. The topological polar surface area (TPSA) is 9.23 Å². The first-order valence-corrected chi connectivity index (χ1v) is 5.40. The van der Waals surface area contributed by atoms with Crippen LogP contribution in [0, 0.1) is 0 Å². The second kappa shape index (κ2) is 5.59. The highest BCUT2D eigenvalue weighted by Gasteiger charge is 1.99. The maximum absolute atomic E-state index is 4.98. The Labute approximate surface area is 92.8 Å². The van der Waals surface area contributed by atoms with E-state index in [1.165, 1.54) is 16.7 Å². The summed E-state index contributed by atoms with van der Waals surface area (Å²) >= 11 is 0. The molecule has 1 aromatic carbocycles. The van der Waals surface area contributed by atoms with Crippen LogP contribution in [0.4, 0.5) is 0 Å². The molecule has 0 aromatic heterocycles. The molecule has 0 aliphatic heterocycles. The van der Waals surface area contributed by atoms with E-state index in [-0.39, 0.29) is 0 Å². The zero-order valence-electron chi connectivity index (χ0n) is 10.1. The number of benzene rings is 1. The fourth-order valence-corrected chi connectivity index (χ4v) is 1.59. The molecule has 0 atom stereocenters. The third-order valence-corrected chi connectivity index (χ3v) is 2.45. The second-order valence-electron chi connectivity index (χ2n) is 4.27. The van der Waals surface area contributed by atoms with Gasteiger partial charge in [-0.15, -0.1) is 0 Å². The molecule has 0 aliphatic carbocycles. The molecule has 0 heterocycles. The van der Waals surface area contributed by atoms with E-state index in [9.17, 15) is 0 Å². The molecule has 1 nitrogen and oxygen atoms in total. The molecular formula is C14H20O. The molecule has 0 aliphatic rings. The first-order chi connectivity index (χ1) is 7.13. The molecule has 82 valence electrons. The largest absolute Gasteiger partial charge is 0.504 e. The van der Waals surface area contributed by atoms with Crippen molar-refractivity contribution < 1.29 is 4.74 Å².